The zero-order chi connectivity index (χ0) is 19.6. The zero-order valence-electron chi connectivity index (χ0n) is 14.9. The van der Waals surface area contributed by atoms with Gasteiger partial charge in [-0.25, -0.2) is 4.39 Å². The van der Waals surface area contributed by atoms with Gasteiger partial charge in [0, 0.05) is 17.7 Å². The van der Waals surface area contributed by atoms with Crippen LogP contribution in [0.3, 0.4) is 0 Å². The van der Waals surface area contributed by atoms with Gasteiger partial charge in [-0.05, 0) is 55.5 Å². The van der Waals surface area contributed by atoms with Crippen molar-refractivity contribution in [3.05, 3.63) is 59.9 Å². The smallest absolute Gasteiger partial charge is 0.306 e. The molecule has 0 unspecified atom stereocenters. The molecule has 0 atom stereocenters. The van der Waals surface area contributed by atoms with Gasteiger partial charge in [0.15, 0.2) is 12.4 Å². The van der Waals surface area contributed by atoms with E-state index in [1.54, 1.807) is 24.3 Å². The van der Waals surface area contributed by atoms with E-state index in [4.69, 9.17) is 9.47 Å². The van der Waals surface area contributed by atoms with Crippen LogP contribution in [0.25, 0.3) is 0 Å². The minimum absolute atomic E-state index is 0.0214. The van der Waals surface area contributed by atoms with Crippen LogP contribution in [0, 0.1) is 5.82 Å². The Kier molecular flexibility index (Phi) is 7.49. The Morgan fingerprint density at radius 2 is 1.63 bits per heavy atom. The minimum Gasteiger partial charge on any atom is -0.494 e. The maximum Gasteiger partial charge on any atom is 0.306 e. The number of benzene rings is 2. The number of ether oxygens (including phenoxy) is 2. The lowest BCUT2D eigenvalue weighted by Gasteiger charge is -2.07. The van der Waals surface area contributed by atoms with Crippen molar-refractivity contribution in [1.29, 1.82) is 0 Å². The number of hydrogen-bond donors (Lipinski definition) is 1. The van der Waals surface area contributed by atoms with Crippen molar-refractivity contribution in [2.75, 3.05) is 18.5 Å². The second-order valence-corrected chi connectivity index (χ2v) is 5.60. The highest BCUT2D eigenvalue weighted by Gasteiger charge is 2.12. The van der Waals surface area contributed by atoms with Crippen molar-refractivity contribution in [2.24, 2.45) is 0 Å². The molecule has 0 saturated carbocycles. The van der Waals surface area contributed by atoms with Gasteiger partial charge in [0.05, 0.1) is 13.0 Å². The molecule has 142 valence electrons. The van der Waals surface area contributed by atoms with E-state index < -0.39 is 24.3 Å². The Balaban J connectivity index is 1.71. The Morgan fingerprint density at radius 1 is 0.963 bits per heavy atom. The standard InChI is InChI=1S/C20H20FNO5/c1-2-26-17-9-3-14(4-10-17)18(23)11-12-20(25)27-13-19(24)22-16-7-5-15(21)6-8-16/h3-10H,2,11-13H2,1H3,(H,22,24). The monoisotopic (exact) mass is 373 g/mol. The molecule has 0 saturated heterocycles. The van der Waals surface area contributed by atoms with Crippen molar-refractivity contribution >= 4 is 23.3 Å². The molecule has 0 aliphatic carbocycles. The molecule has 1 N–H and O–H groups in total. The average Bonchev–Trinajstić information content (AvgIpc) is 2.67. The highest BCUT2D eigenvalue weighted by atomic mass is 19.1. The summed E-state index contributed by atoms with van der Waals surface area (Å²) >= 11 is 0. The molecule has 1 amide bonds. The first kappa shape index (κ1) is 20.1. The summed E-state index contributed by atoms with van der Waals surface area (Å²) in [5.74, 6) is -1.15. The predicted molar refractivity (Wildman–Crippen MR) is 97.2 cm³/mol. The SMILES string of the molecule is CCOc1ccc(C(=O)CCC(=O)OCC(=O)Nc2ccc(F)cc2)cc1. The molecule has 0 aromatic heterocycles. The van der Waals surface area contributed by atoms with E-state index in [0.29, 0.717) is 23.6 Å². The lowest BCUT2D eigenvalue weighted by atomic mass is 10.1. The number of esters is 1. The maximum atomic E-state index is 12.8. The molecule has 0 fully saturated rings. The molecule has 2 aromatic carbocycles. The lowest BCUT2D eigenvalue weighted by Crippen LogP contribution is -2.21. The van der Waals surface area contributed by atoms with Crippen LogP contribution in [0.4, 0.5) is 10.1 Å². The largest absolute Gasteiger partial charge is 0.494 e. The molecule has 27 heavy (non-hydrogen) atoms. The molecule has 0 spiro atoms. The normalized spacial score (nSPS) is 10.1. The number of rotatable bonds is 9. The first-order chi connectivity index (χ1) is 13.0. The highest BCUT2D eigenvalue weighted by Crippen LogP contribution is 2.14. The van der Waals surface area contributed by atoms with Crippen LogP contribution in [-0.2, 0) is 14.3 Å². The predicted octanol–water partition coefficient (Wildman–Crippen LogP) is 3.37. The van der Waals surface area contributed by atoms with Gasteiger partial charge >= 0.3 is 5.97 Å². The van der Waals surface area contributed by atoms with Crippen molar-refractivity contribution < 1.29 is 28.2 Å². The second-order valence-electron chi connectivity index (χ2n) is 5.60. The van der Waals surface area contributed by atoms with Crippen LogP contribution in [-0.4, -0.2) is 30.9 Å². The quantitative estimate of drug-likeness (QED) is 0.538. The number of amides is 1. The van der Waals surface area contributed by atoms with Gasteiger partial charge in [-0.2, -0.15) is 0 Å². The molecule has 0 aliphatic rings. The third-order valence-electron chi connectivity index (χ3n) is 3.54. The van der Waals surface area contributed by atoms with Crippen LogP contribution >= 0.6 is 0 Å². The summed E-state index contributed by atoms with van der Waals surface area (Å²) in [7, 11) is 0. The molecule has 0 radical (unpaired) electrons. The van der Waals surface area contributed by atoms with Crippen molar-refractivity contribution in [1.82, 2.24) is 0 Å². The lowest BCUT2D eigenvalue weighted by molar-refractivity contribution is -0.147. The number of anilines is 1. The van der Waals surface area contributed by atoms with E-state index >= 15 is 0 Å². The second kappa shape index (κ2) is 10.1. The first-order valence-corrected chi connectivity index (χ1v) is 8.45. The van der Waals surface area contributed by atoms with Gasteiger partial charge in [-0.1, -0.05) is 0 Å². The number of ketones is 1. The van der Waals surface area contributed by atoms with Crippen molar-refractivity contribution in [3.63, 3.8) is 0 Å². The Bertz CT molecular complexity index is 787. The number of nitrogens with one attached hydrogen (secondary N) is 1. The van der Waals surface area contributed by atoms with Gasteiger partial charge in [0.25, 0.3) is 5.91 Å². The molecule has 0 aliphatic heterocycles. The van der Waals surface area contributed by atoms with Gasteiger partial charge in [-0.3, -0.25) is 14.4 Å². The fraction of sp³-hybridized carbons (Fsp3) is 0.250. The molecular weight excluding hydrogens is 353 g/mol. The number of halogens is 1. The van der Waals surface area contributed by atoms with Crippen LogP contribution in [0.5, 0.6) is 5.75 Å². The Hall–Kier alpha value is -3.22. The summed E-state index contributed by atoms with van der Waals surface area (Å²) < 4.78 is 22.9. The van der Waals surface area contributed by atoms with E-state index in [2.05, 4.69) is 5.32 Å². The molecule has 7 heteroatoms. The van der Waals surface area contributed by atoms with E-state index in [1.165, 1.54) is 24.3 Å². The van der Waals surface area contributed by atoms with Gasteiger partial charge in [-0.15, -0.1) is 0 Å². The number of carbonyl (C=O) groups excluding carboxylic acids is 3. The van der Waals surface area contributed by atoms with Gasteiger partial charge in [0.1, 0.15) is 11.6 Å². The maximum absolute atomic E-state index is 12.8. The minimum atomic E-state index is -0.649. The van der Waals surface area contributed by atoms with E-state index in [1.807, 2.05) is 6.92 Å². The van der Waals surface area contributed by atoms with Crippen molar-refractivity contribution in [2.45, 2.75) is 19.8 Å². The Labute approximate surface area is 156 Å². The van der Waals surface area contributed by atoms with Crippen LogP contribution < -0.4 is 10.1 Å². The van der Waals surface area contributed by atoms with Crippen LogP contribution in [0.1, 0.15) is 30.1 Å². The number of Topliss-reactive ketones (excluding diaryl/α,β-unsaturated/α-hetero) is 1. The first-order valence-electron chi connectivity index (χ1n) is 8.45. The summed E-state index contributed by atoms with van der Waals surface area (Å²) in [5, 5.41) is 2.47. The zero-order valence-corrected chi connectivity index (χ0v) is 14.9. The van der Waals surface area contributed by atoms with Crippen LogP contribution in [0.15, 0.2) is 48.5 Å². The van der Waals surface area contributed by atoms with E-state index in [9.17, 15) is 18.8 Å². The van der Waals surface area contributed by atoms with E-state index in [-0.39, 0.29) is 18.6 Å². The molecular formula is C20H20FNO5. The summed E-state index contributed by atoms with van der Waals surface area (Å²) in [6, 6.07) is 11.8. The highest BCUT2D eigenvalue weighted by molar-refractivity contribution is 5.98. The number of hydrogen-bond acceptors (Lipinski definition) is 5. The fourth-order valence-corrected chi connectivity index (χ4v) is 2.21. The molecule has 6 nitrogen and oxygen atoms in total. The summed E-state index contributed by atoms with van der Waals surface area (Å²) in [6.07, 6.45) is -0.151. The third-order valence-corrected chi connectivity index (χ3v) is 3.54. The molecule has 0 bridgehead atoms. The van der Waals surface area contributed by atoms with E-state index in [0.717, 1.165) is 0 Å². The van der Waals surface area contributed by atoms with Crippen molar-refractivity contribution in [3.8, 4) is 5.75 Å². The van der Waals surface area contributed by atoms with Crippen LogP contribution in [0.2, 0.25) is 0 Å². The summed E-state index contributed by atoms with van der Waals surface area (Å²) in [6.45, 7) is 1.92. The Morgan fingerprint density at radius 3 is 2.26 bits per heavy atom. The molecule has 2 aromatic rings. The summed E-state index contributed by atoms with van der Waals surface area (Å²) in [5.41, 5.74) is 0.864. The summed E-state index contributed by atoms with van der Waals surface area (Å²) in [4.78, 5) is 35.4. The number of carbonyl (C=O) groups is 3. The average molecular weight is 373 g/mol. The fourth-order valence-electron chi connectivity index (χ4n) is 2.21. The topological polar surface area (TPSA) is 81.7 Å². The third kappa shape index (κ3) is 6.89. The molecule has 0 heterocycles. The van der Waals surface area contributed by atoms with Gasteiger partial charge in [0.2, 0.25) is 0 Å². The molecule has 2 rings (SSSR count). The van der Waals surface area contributed by atoms with Gasteiger partial charge < -0.3 is 14.8 Å².